The highest BCUT2D eigenvalue weighted by atomic mass is 16.6. The number of nitrogens with zero attached hydrogens (tertiary/aromatic N) is 1. The Labute approximate surface area is 142 Å². The van der Waals surface area contributed by atoms with Gasteiger partial charge in [-0.25, -0.2) is 4.79 Å². The number of likely N-dealkylation sites (tertiary alicyclic amines) is 1. The third-order valence-corrected chi connectivity index (χ3v) is 4.56. The fraction of sp³-hybridized carbons (Fsp3) is 0.350. The number of hydrogen-bond donors (Lipinski definition) is 1. The number of carbonyl (C=O) groups is 1. The predicted octanol–water partition coefficient (Wildman–Crippen LogP) is 3.83. The molecule has 2 unspecified atom stereocenters. The van der Waals surface area contributed by atoms with Crippen molar-refractivity contribution in [3.8, 4) is 0 Å². The van der Waals surface area contributed by atoms with E-state index in [2.05, 4.69) is 0 Å². The number of ether oxygens (including phenoxy) is 1. The Kier molecular flexibility index (Phi) is 5.16. The molecule has 0 aromatic heterocycles. The van der Waals surface area contributed by atoms with Crippen LogP contribution in [0.3, 0.4) is 0 Å². The quantitative estimate of drug-likeness (QED) is 0.933. The van der Waals surface area contributed by atoms with Gasteiger partial charge in [-0.3, -0.25) is 0 Å². The topological polar surface area (TPSA) is 49.8 Å². The van der Waals surface area contributed by atoms with Crippen LogP contribution in [-0.4, -0.2) is 28.7 Å². The lowest BCUT2D eigenvalue weighted by atomic mass is 9.91. The first-order valence-corrected chi connectivity index (χ1v) is 8.36. The first-order chi connectivity index (χ1) is 11.6. The number of aliphatic hydroxyl groups excluding tert-OH is 1. The number of amides is 1. The molecule has 0 aliphatic carbocycles. The van der Waals surface area contributed by atoms with Crippen LogP contribution in [0.5, 0.6) is 0 Å². The molecule has 2 aromatic carbocycles. The molecule has 1 aliphatic heterocycles. The summed E-state index contributed by atoms with van der Waals surface area (Å²) in [5.41, 5.74) is 3.17. The molecule has 0 radical (unpaired) electrons. The van der Waals surface area contributed by atoms with Crippen molar-refractivity contribution in [1.29, 1.82) is 0 Å². The largest absolute Gasteiger partial charge is 0.445 e. The molecule has 0 bridgehead atoms. The maximum absolute atomic E-state index is 12.6. The Hall–Kier alpha value is -2.33. The van der Waals surface area contributed by atoms with Crippen LogP contribution in [0.4, 0.5) is 4.79 Å². The van der Waals surface area contributed by atoms with E-state index in [9.17, 15) is 9.90 Å². The molecule has 1 saturated heterocycles. The predicted molar refractivity (Wildman–Crippen MR) is 92.5 cm³/mol. The second-order valence-electron chi connectivity index (χ2n) is 6.28. The minimum Gasteiger partial charge on any atom is -0.445 e. The zero-order valence-corrected chi connectivity index (χ0v) is 13.9. The van der Waals surface area contributed by atoms with Crippen molar-refractivity contribution < 1.29 is 14.6 Å². The van der Waals surface area contributed by atoms with E-state index >= 15 is 0 Å². The van der Waals surface area contributed by atoms with E-state index in [-0.39, 0.29) is 24.8 Å². The molecule has 3 rings (SSSR count). The second kappa shape index (κ2) is 7.49. The standard InChI is InChI=1S/C20H23NO3/c1-15-7-5-6-10-18(15)19-13-17(22)11-12-21(19)20(23)24-14-16-8-3-2-4-9-16/h2-10,17,19,22H,11-14H2,1H3. The molecule has 4 heteroatoms. The number of piperidine rings is 1. The summed E-state index contributed by atoms with van der Waals surface area (Å²) in [6.45, 7) is 2.80. The van der Waals surface area contributed by atoms with Gasteiger partial charge >= 0.3 is 6.09 Å². The van der Waals surface area contributed by atoms with Crippen LogP contribution >= 0.6 is 0 Å². The maximum Gasteiger partial charge on any atom is 0.410 e. The first-order valence-electron chi connectivity index (χ1n) is 8.36. The Morgan fingerprint density at radius 1 is 1.17 bits per heavy atom. The van der Waals surface area contributed by atoms with Crippen LogP contribution in [0.2, 0.25) is 0 Å². The van der Waals surface area contributed by atoms with Crippen molar-refractivity contribution in [3.63, 3.8) is 0 Å². The number of benzene rings is 2. The monoisotopic (exact) mass is 325 g/mol. The zero-order valence-electron chi connectivity index (χ0n) is 13.9. The van der Waals surface area contributed by atoms with Gasteiger partial charge in [-0.05, 0) is 36.5 Å². The highest BCUT2D eigenvalue weighted by Gasteiger charge is 2.33. The zero-order chi connectivity index (χ0) is 16.9. The van der Waals surface area contributed by atoms with Crippen molar-refractivity contribution in [2.24, 2.45) is 0 Å². The van der Waals surface area contributed by atoms with Crippen molar-refractivity contribution in [3.05, 3.63) is 71.3 Å². The van der Waals surface area contributed by atoms with E-state index < -0.39 is 0 Å². The number of aryl methyl sites for hydroxylation is 1. The summed E-state index contributed by atoms with van der Waals surface area (Å²) < 4.78 is 5.50. The molecular weight excluding hydrogens is 302 g/mol. The third-order valence-electron chi connectivity index (χ3n) is 4.56. The van der Waals surface area contributed by atoms with Gasteiger partial charge in [-0.1, -0.05) is 54.6 Å². The molecule has 1 heterocycles. The Morgan fingerprint density at radius 2 is 1.88 bits per heavy atom. The smallest absolute Gasteiger partial charge is 0.410 e. The van der Waals surface area contributed by atoms with Crippen molar-refractivity contribution >= 4 is 6.09 Å². The number of rotatable bonds is 3. The summed E-state index contributed by atoms with van der Waals surface area (Å²) in [5.74, 6) is 0. The fourth-order valence-electron chi connectivity index (χ4n) is 3.22. The van der Waals surface area contributed by atoms with E-state index in [1.54, 1.807) is 4.90 Å². The molecule has 1 aliphatic rings. The van der Waals surface area contributed by atoms with Gasteiger partial charge in [0.2, 0.25) is 0 Å². The van der Waals surface area contributed by atoms with Crippen molar-refractivity contribution in [2.45, 2.75) is 38.5 Å². The lowest BCUT2D eigenvalue weighted by molar-refractivity contribution is 0.0258. The SMILES string of the molecule is Cc1ccccc1C1CC(O)CCN1C(=O)OCc1ccccc1. The molecule has 1 N–H and O–H groups in total. The van der Waals surface area contributed by atoms with Crippen molar-refractivity contribution in [2.75, 3.05) is 6.54 Å². The summed E-state index contributed by atoms with van der Waals surface area (Å²) in [7, 11) is 0. The van der Waals surface area contributed by atoms with E-state index in [4.69, 9.17) is 4.74 Å². The average molecular weight is 325 g/mol. The molecule has 1 fully saturated rings. The summed E-state index contributed by atoms with van der Waals surface area (Å²) in [5, 5.41) is 10.1. The minimum atomic E-state index is -0.382. The normalized spacial score (nSPS) is 20.7. The second-order valence-corrected chi connectivity index (χ2v) is 6.28. The van der Waals surface area contributed by atoms with E-state index in [1.807, 2.05) is 61.5 Å². The van der Waals surface area contributed by atoms with E-state index in [1.165, 1.54) is 0 Å². The Bertz CT molecular complexity index is 686. The summed E-state index contributed by atoms with van der Waals surface area (Å²) in [4.78, 5) is 14.3. The molecule has 2 aromatic rings. The van der Waals surface area contributed by atoms with Gasteiger partial charge in [-0.15, -0.1) is 0 Å². The summed E-state index contributed by atoms with van der Waals surface area (Å²) >= 11 is 0. The van der Waals surface area contributed by atoms with Crippen LogP contribution in [0.25, 0.3) is 0 Å². The van der Waals surface area contributed by atoms with Gasteiger partial charge in [-0.2, -0.15) is 0 Å². The lowest BCUT2D eigenvalue weighted by Crippen LogP contribution is -2.43. The van der Waals surface area contributed by atoms with Gasteiger partial charge in [0.15, 0.2) is 0 Å². The fourth-order valence-corrected chi connectivity index (χ4v) is 3.22. The third kappa shape index (κ3) is 3.77. The minimum absolute atomic E-state index is 0.141. The highest BCUT2D eigenvalue weighted by molar-refractivity contribution is 5.68. The molecule has 0 spiro atoms. The van der Waals surface area contributed by atoms with E-state index in [0.717, 1.165) is 16.7 Å². The van der Waals surface area contributed by atoms with Gasteiger partial charge in [0, 0.05) is 6.54 Å². The molecule has 126 valence electrons. The molecule has 24 heavy (non-hydrogen) atoms. The van der Waals surface area contributed by atoms with Gasteiger partial charge < -0.3 is 14.7 Å². The number of carbonyl (C=O) groups excluding carboxylic acids is 1. The van der Waals surface area contributed by atoms with Gasteiger partial charge in [0.05, 0.1) is 12.1 Å². The van der Waals surface area contributed by atoms with Gasteiger partial charge in [0.1, 0.15) is 6.61 Å². The molecule has 1 amide bonds. The molecule has 0 saturated carbocycles. The lowest BCUT2D eigenvalue weighted by Gasteiger charge is -2.38. The summed E-state index contributed by atoms with van der Waals surface area (Å²) in [6, 6.07) is 17.5. The Morgan fingerprint density at radius 3 is 2.62 bits per heavy atom. The van der Waals surface area contributed by atoms with Crippen LogP contribution in [0, 0.1) is 6.92 Å². The Balaban J connectivity index is 1.74. The average Bonchev–Trinajstić information content (AvgIpc) is 2.61. The van der Waals surface area contributed by atoms with Crippen LogP contribution in [0.1, 0.15) is 35.6 Å². The molecule has 2 atom stereocenters. The van der Waals surface area contributed by atoms with Crippen molar-refractivity contribution in [1.82, 2.24) is 4.90 Å². The van der Waals surface area contributed by atoms with Crippen LogP contribution in [0.15, 0.2) is 54.6 Å². The maximum atomic E-state index is 12.6. The van der Waals surface area contributed by atoms with Crippen LogP contribution < -0.4 is 0 Å². The molecular formula is C20H23NO3. The summed E-state index contributed by atoms with van der Waals surface area (Å²) in [6.07, 6.45) is 0.431. The van der Waals surface area contributed by atoms with E-state index in [0.29, 0.717) is 19.4 Å². The molecule has 4 nitrogen and oxygen atoms in total. The number of aliphatic hydroxyl groups is 1. The van der Waals surface area contributed by atoms with Gasteiger partial charge in [0.25, 0.3) is 0 Å². The first kappa shape index (κ1) is 16.5. The van der Waals surface area contributed by atoms with Crippen LogP contribution in [-0.2, 0) is 11.3 Å². The number of hydrogen-bond acceptors (Lipinski definition) is 3. The highest BCUT2D eigenvalue weighted by Crippen LogP contribution is 2.33.